The molecule has 96 valence electrons. The van der Waals surface area contributed by atoms with Gasteiger partial charge in [-0.3, -0.25) is 9.79 Å². The van der Waals surface area contributed by atoms with Crippen molar-refractivity contribution in [1.82, 2.24) is 4.90 Å². The lowest BCUT2D eigenvalue weighted by atomic mass is 10.2. The summed E-state index contributed by atoms with van der Waals surface area (Å²) >= 11 is 0. The molecule has 16 heavy (non-hydrogen) atoms. The summed E-state index contributed by atoms with van der Waals surface area (Å²) in [4.78, 5) is 15.9. The molecule has 0 rings (SSSR count). The van der Waals surface area contributed by atoms with Crippen LogP contribution in [-0.4, -0.2) is 55.7 Å². The SMILES string of the molecule is CN(C)C.NC(N)=NCCCC(N)C(=O)O. The predicted octanol–water partition coefficient (Wildman–Crippen LogP) is -1.37. The van der Waals surface area contributed by atoms with E-state index in [2.05, 4.69) is 4.99 Å². The van der Waals surface area contributed by atoms with Gasteiger partial charge in [0.2, 0.25) is 0 Å². The molecular weight excluding hydrogens is 210 g/mol. The molecule has 7 nitrogen and oxygen atoms in total. The zero-order valence-electron chi connectivity index (χ0n) is 10.2. The number of hydrogen-bond acceptors (Lipinski definition) is 4. The highest BCUT2D eigenvalue weighted by atomic mass is 16.4. The van der Waals surface area contributed by atoms with Crippen LogP contribution >= 0.6 is 0 Å². The van der Waals surface area contributed by atoms with Crippen LogP contribution in [0.1, 0.15) is 12.8 Å². The van der Waals surface area contributed by atoms with Crippen LogP contribution in [0.4, 0.5) is 0 Å². The summed E-state index contributed by atoms with van der Waals surface area (Å²) in [5.41, 5.74) is 15.3. The molecule has 1 atom stereocenters. The Kier molecular flexibility index (Phi) is 10.9. The van der Waals surface area contributed by atoms with Gasteiger partial charge in [0.15, 0.2) is 5.96 Å². The molecule has 0 saturated heterocycles. The second-order valence-electron chi connectivity index (χ2n) is 3.74. The first-order valence-electron chi connectivity index (χ1n) is 4.92. The first-order chi connectivity index (χ1) is 7.27. The van der Waals surface area contributed by atoms with E-state index in [1.165, 1.54) is 0 Å². The third kappa shape index (κ3) is 18.4. The number of carboxylic acids is 1. The Morgan fingerprint density at radius 3 is 2.12 bits per heavy atom. The van der Waals surface area contributed by atoms with E-state index in [0.717, 1.165) is 0 Å². The molecule has 0 aromatic rings. The van der Waals surface area contributed by atoms with Crippen molar-refractivity contribution in [3.63, 3.8) is 0 Å². The zero-order chi connectivity index (χ0) is 13.1. The fourth-order valence-corrected chi connectivity index (χ4v) is 0.643. The topological polar surface area (TPSA) is 131 Å². The number of nitrogens with zero attached hydrogens (tertiary/aromatic N) is 2. The smallest absolute Gasteiger partial charge is 0.320 e. The van der Waals surface area contributed by atoms with Crippen molar-refractivity contribution in [3.05, 3.63) is 0 Å². The maximum atomic E-state index is 10.2. The van der Waals surface area contributed by atoms with Crippen molar-refractivity contribution >= 4 is 11.9 Å². The molecule has 0 aliphatic carbocycles. The number of carboxylic acid groups (broad SMARTS) is 1. The number of nitrogens with two attached hydrogens (primary N) is 3. The predicted molar refractivity (Wildman–Crippen MR) is 65.1 cm³/mol. The van der Waals surface area contributed by atoms with Gasteiger partial charge < -0.3 is 27.2 Å². The number of carbonyl (C=O) groups is 1. The van der Waals surface area contributed by atoms with Gasteiger partial charge in [0.1, 0.15) is 6.04 Å². The number of rotatable bonds is 5. The van der Waals surface area contributed by atoms with Crippen molar-refractivity contribution in [1.29, 1.82) is 0 Å². The van der Waals surface area contributed by atoms with Crippen LogP contribution in [0.2, 0.25) is 0 Å². The third-order valence-electron chi connectivity index (χ3n) is 1.28. The molecule has 0 spiro atoms. The lowest BCUT2D eigenvalue weighted by molar-refractivity contribution is -0.138. The van der Waals surface area contributed by atoms with Gasteiger partial charge in [-0.25, -0.2) is 0 Å². The van der Waals surface area contributed by atoms with Crippen LogP contribution in [0.5, 0.6) is 0 Å². The number of hydrogen-bond donors (Lipinski definition) is 4. The molecule has 0 aliphatic rings. The lowest BCUT2D eigenvalue weighted by Gasteiger charge is -2.03. The summed E-state index contributed by atoms with van der Waals surface area (Å²) in [7, 11) is 6.00. The summed E-state index contributed by atoms with van der Waals surface area (Å²) in [5.74, 6) is -0.987. The maximum Gasteiger partial charge on any atom is 0.320 e. The van der Waals surface area contributed by atoms with Gasteiger partial charge in [0, 0.05) is 6.54 Å². The number of guanidine groups is 1. The van der Waals surface area contributed by atoms with Crippen LogP contribution in [0, 0.1) is 0 Å². The first kappa shape index (κ1) is 17.1. The van der Waals surface area contributed by atoms with E-state index < -0.39 is 12.0 Å². The Labute approximate surface area is 96.3 Å². The van der Waals surface area contributed by atoms with Crippen LogP contribution < -0.4 is 17.2 Å². The van der Waals surface area contributed by atoms with E-state index in [4.69, 9.17) is 22.3 Å². The van der Waals surface area contributed by atoms with Crippen LogP contribution in [0.3, 0.4) is 0 Å². The molecule has 0 amide bonds. The van der Waals surface area contributed by atoms with Gasteiger partial charge >= 0.3 is 5.97 Å². The van der Waals surface area contributed by atoms with E-state index in [1.807, 2.05) is 26.0 Å². The molecular formula is C9H23N5O2. The van der Waals surface area contributed by atoms with Crippen molar-refractivity contribution in [2.45, 2.75) is 18.9 Å². The second kappa shape index (κ2) is 10.2. The van der Waals surface area contributed by atoms with Gasteiger partial charge in [-0.05, 0) is 34.0 Å². The lowest BCUT2D eigenvalue weighted by Crippen LogP contribution is -2.30. The molecule has 0 heterocycles. The standard InChI is InChI=1S/C6H14N4O2.C3H9N/c7-4(5(11)12)2-1-3-10-6(8)9;1-4(2)3/h4H,1-3,7H2,(H,11,12)(H4,8,9,10);1-3H3. The summed E-state index contributed by atoms with van der Waals surface area (Å²) in [6.07, 6.45) is 0.956. The molecule has 0 bridgehead atoms. The number of aliphatic carboxylic acids is 1. The van der Waals surface area contributed by atoms with Gasteiger partial charge in [0.25, 0.3) is 0 Å². The molecule has 7 N–H and O–H groups in total. The van der Waals surface area contributed by atoms with Gasteiger partial charge in [-0.1, -0.05) is 0 Å². The molecule has 0 saturated carbocycles. The highest BCUT2D eigenvalue weighted by Crippen LogP contribution is 1.94. The summed E-state index contributed by atoms with van der Waals surface area (Å²) in [6.45, 7) is 0.420. The van der Waals surface area contributed by atoms with Crippen molar-refractivity contribution in [3.8, 4) is 0 Å². The van der Waals surface area contributed by atoms with Crippen molar-refractivity contribution in [2.24, 2.45) is 22.2 Å². The highest BCUT2D eigenvalue weighted by Gasteiger charge is 2.09. The zero-order valence-corrected chi connectivity index (χ0v) is 10.2. The molecule has 0 aromatic heterocycles. The van der Waals surface area contributed by atoms with E-state index in [0.29, 0.717) is 19.4 Å². The second-order valence-corrected chi connectivity index (χ2v) is 3.74. The third-order valence-corrected chi connectivity index (χ3v) is 1.28. The van der Waals surface area contributed by atoms with E-state index in [-0.39, 0.29) is 5.96 Å². The van der Waals surface area contributed by atoms with Gasteiger partial charge in [-0.15, -0.1) is 0 Å². The highest BCUT2D eigenvalue weighted by molar-refractivity contribution is 5.75. The number of aliphatic imine (C=N–C) groups is 1. The minimum Gasteiger partial charge on any atom is -0.480 e. The summed E-state index contributed by atoms with van der Waals surface area (Å²) < 4.78 is 0. The van der Waals surface area contributed by atoms with Gasteiger partial charge in [0.05, 0.1) is 0 Å². The maximum absolute atomic E-state index is 10.2. The fourth-order valence-electron chi connectivity index (χ4n) is 0.643. The molecule has 0 aliphatic heterocycles. The van der Waals surface area contributed by atoms with Crippen LogP contribution in [-0.2, 0) is 4.79 Å². The van der Waals surface area contributed by atoms with Crippen LogP contribution in [0.25, 0.3) is 0 Å². The Hall–Kier alpha value is -1.34. The molecule has 0 aromatic carbocycles. The van der Waals surface area contributed by atoms with Crippen molar-refractivity contribution < 1.29 is 9.90 Å². The van der Waals surface area contributed by atoms with Gasteiger partial charge in [-0.2, -0.15) is 0 Å². The normalized spacial score (nSPS) is 11.3. The van der Waals surface area contributed by atoms with E-state index >= 15 is 0 Å². The molecule has 0 fully saturated rings. The molecule has 0 radical (unpaired) electrons. The largest absolute Gasteiger partial charge is 0.480 e. The minimum atomic E-state index is -1.00. The Morgan fingerprint density at radius 2 is 1.81 bits per heavy atom. The Morgan fingerprint density at radius 1 is 1.38 bits per heavy atom. The minimum absolute atomic E-state index is 0.0129. The molecule has 1 unspecified atom stereocenters. The summed E-state index contributed by atoms with van der Waals surface area (Å²) in [6, 6.07) is -0.820. The average Bonchev–Trinajstić information content (AvgIpc) is 2.10. The summed E-state index contributed by atoms with van der Waals surface area (Å²) in [5, 5.41) is 8.38. The fraction of sp³-hybridized carbons (Fsp3) is 0.778. The van der Waals surface area contributed by atoms with E-state index in [9.17, 15) is 4.79 Å². The average molecular weight is 233 g/mol. The Bertz CT molecular complexity index is 211. The van der Waals surface area contributed by atoms with E-state index in [1.54, 1.807) is 0 Å². The van der Waals surface area contributed by atoms with Crippen molar-refractivity contribution in [2.75, 3.05) is 27.7 Å². The Balaban J connectivity index is 0. The van der Waals surface area contributed by atoms with Crippen LogP contribution in [0.15, 0.2) is 4.99 Å². The first-order valence-corrected chi connectivity index (χ1v) is 4.92. The molecule has 7 heteroatoms. The quantitative estimate of drug-likeness (QED) is 0.263. The monoisotopic (exact) mass is 233 g/mol.